The van der Waals surface area contributed by atoms with Crippen LogP contribution < -0.4 is 5.32 Å². The molecule has 22 heavy (non-hydrogen) atoms. The fourth-order valence-electron chi connectivity index (χ4n) is 2.77. The molecule has 0 bridgehead atoms. The van der Waals surface area contributed by atoms with Crippen LogP contribution in [-0.2, 0) is 9.53 Å². The quantitative estimate of drug-likeness (QED) is 0.743. The molecule has 0 aromatic carbocycles. The van der Waals surface area contributed by atoms with Crippen molar-refractivity contribution in [2.24, 2.45) is 11.8 Å². The predicted octanol–water partition coefficient (Wildman–Crippen LogP) is 2.85. The van der Waals surface area contributed by atoms with Crippen LogP contribution in [0.3, 0.4) is 0 Å². The van der Waals surface area contributed by atoms with E-state index in [1.165, 1.54) is 19.4 Å². The fraction of sp³-hybridized carbons (Fsp3) is 0.941. The molecule has 5 heteroatoms. The maximum absolute atomic E-state index is 12.3. The number of rotatable bonds is 8. The summed E-state index contributed by atoms with van der Waals surface area (Å²) in [6, 6.07) is 0.604. The number of hydrogen-bond acceptors (Lipinski definition) is 3. The molecule has 0 radical (unpaired) electrons. The molecular weight excluding hydrogens is 300 g/mol. The van der Waals surface area contributed by atoms with Crippen LogP contribution in [-0.4, -0.2) is 49.2 Å². The number of amides is 1. The van der Waals surface area contributed by atoms with Gasteiger partial charge in [0.2, 0.25) is 0 Å². The molecule has 2 aliphatic rings. The molecule has 1 atom stereocenters. The lowest BCUT2D eigenvalue weighted by atomic mass is 10.0. The number of nitrogens with zero attached hydrogens (tertiary/aromatic N) is 1. The van der Waals surface area contributed by atoms with Crippen LogP contribution in [0.4, 0.5) is 0 Å². The Morgan fingerprint density at radius 1 is 1.18 bits per heavy atom. The Morgan fingerprint density at radius 3 is 2.36 bits per heavy atom. The number of ether oxygens (including phenoxy) is 1. The zero-order chi connectivity index (χ0) is 15.2. The molecule has 0 aromatic heterocycles. The van der Waals surface area contributed by atoms with Gasteiger partial charge in [-0.15, -0.1) is 12.4 Å². The van der Waals surface area contributed by atoms with Gasteiger partial charge < -0.3 is 15.0 Å². The molecule has 1 saturated carbocycles. The first-order chi connectivity index (χ1) is 10.1. The number of nitrogens with one attached hydrogen (secondary N) is 1. The largest absolute Gasteiger partial charge is 0.369 e. The van der Waals surface area contributed by atoms with Crippen molar-refractivity contribution >= 4 is 18.3 Å². The summed E-state index contributed by atoms with van der Waals surface area (Å²) in [4.78, 5) is 14.3. The SMILES string of the molecule is CC(C)CCOC(C)C(=O)N1CCC(NCC2CC2)CC1.Cl. The van der Waals surface area contributed by atoms with E-state index in [1.807, 2.05) is 11.8 Å². The summed E-state index contributed by atoms with van der Waals surface area (Å²) in [5.74, 6) is 1.72. The third-order valence-electron chi connectivity index (χ3n) is 4.61. The minimum absolute atomic E-state index is 0. The summed E-state index contributed by atoms with van der Waals surface area (Å²) < 4.78 is 5.68. The Labute approximate surface area is 141 Å². The van der Waals surface area contributed by atoms with Crippen LogP contribution in [0.25, 0.3) is 0 Å². The number of piperidine rings is 1. The van der Waals surface area contributed by atoms with Crippen molar-refractivity contribution in [3.63, 3.8) is 0 Å². The zero-order valence-corrected chi connectivity index (χ0v) is 15.2. The van der Waals surface area contributed by atoms with Gasteiger partial charge in [-0.25, -0.2) is 0 Å². The summed E-state index contributed by atoms with van der Waals surface area (Å²) in [5, 5.41) is 3.65. The second kappa shape index (κ2) is 9.74. The van der Waals surface area contributed by atoms with Crippen LogP contribution in [0.1, 0.15) is 52.9 Å². The Balaban J connectivity index is 0.00000242. The molecule has 1 heterocycles. The Morgan fingerprint density at radius 2 is 1.82 bits per heavy atom. The normalized spacial score (nSPS) is 20.8. The number of halogens is 1. The maximum atomic E-state index is 12.3. The van der Waals surface area contributed by atoms with E-state index in [4.69, 9.17) is 4.74 Å². The van der Waals surface area contributed by atoms with Crippen molar-refractivity contribution in [2.45, 2.75) is 65.0 Å². The summed E-state index contributed by atoms with van der Waals surface area (Å²) in [7, 11) is 0. The lowest BCUT2D eigenvalue weighted by Gasteiger charge is -2.34. The standard InChI is InChI=1S/C17H32N2O2.ClH/c1-13(2)8-11-21-14(3)17(20)19-9-6-16(7-10-19)18-12-15-4-5-15;/h13-16,18H,4-12H2,1-3H3;1H. The van der Waals surface area contributed by atoms with Gasteiger partial charge in [0.15, 0.2) is 0 Å². The van der Waals surface area contributed by atoms with Crippen LogP contribution in [0.2, 0.25) is 0 Å². The van der Waals surface area contributed by atoms with Crippen LogP contribution in [0.5, 0.6) is 0 Å². The van der Waals surface area contributed by atoms with Gasteiger partial charge in [0.25, 0.3) is 5.91 Å². The lowest BCUT2D eigenvalue weighted by Crippen LogP contribution is -2.48. The third-order valence-corrected chi connectivity index (χ3v) is 4.61. The lowest BCUT2D eigenvalue weighted by molar-refractivity contribution is -0.144. The van der Waals surface area contributed by atoms with E-state index in [0.717, 1.165) is 38.3 Å². The molecule has 2 rings (SSSR count). The van der Waals surface area contributed by atoms with Gasteiger partial charge in [-0.3, -0.25) is 4.79 Å². The average molecular weight is 333 g/mol. The van der Waals surface area contributed by atoms with Crippen LogP contribution in [0.15, 0.2) is 0 Å². The number of hydrogen-bond donors (Lipinski definition) is 1. The van der Waals surface area contributed by atoms with E-state index in [-0.39, 0.29) is 24.4 Å². The maximum Gasteiger partial charge on any atom is 0.251 e. The number of likely N-dealkylation sites (tertiary alicyclic amines) is 1. The highest BCUT2D eigenvalue weighted by molar-refractivity contribution is 5.85. The van der Waals surface area contributed by atoms with E-state index in [1.54, 1.807) is 0 Å². The second-order valence-corrected chi connectivity index (χ2v) is 7.15. The van der Waals surface area contributed by atoms with Gasteiger partial charge in [-0.2, -0.15) is 0 Å². The number of carbonyl (C=O) groups excluding carboxylic acids is 1. The molecule has 1 N–H and O–H groups in total. The van der Waals surface area contributed by atoms with E-state index < -0.39 is 0 Å². The average Bonchev–Trinajstić information content (AvgIpc) is 3.28. The van der Waals surface area contributed by atoms with Gasteiger partial charge >= 0.3 is 0 Å². The van der Waals surface area contributed by atoms with Crippen molar-refractivity contribution in [1.29, 1.82) is 0 Å². The first-order valence-electron chi connectivity index (χ1n) is 8.70. The van der Waals surface area contributed by atoms with E-state index in [2.05, 4.69) is 19.2 Å². The molecule has 4 nitrogen and oxygen atoms in total. The highest BCUT2D eigenvalue weighted by Crippen LogP contribution is 2.28. The summed E-state index contributed by atoms with van der Waals surface area (Å²) >= 11 is 0. The molecule has 1 aliphatic heterocycles. The highest BCUT2D eigenvalue weighted by atomic mass is 35.5. The van der Waals surface area contributed by atoms with Crippen molar-refractivity contribution < 1.29 is 9.53 Å². The topological polar surface area (TPSA) is 41.6 Å². The molecule has 1 saturated heterocycles. The van der Waals surface area contributed by atoms with Crippen molar-refractivity contribution in [2.75, 3.05) is 26.2 Å². The molecule has 1 amide bonds. The molecule has 2 fully saturated rings. The predicted molar refractivity (Wildman–Crippen MR) is 92.4 cm³/mol. The molecule has 130 valence electrons. The minimum atomic E-state index is -0.292. The Hall–Kier alpha value is -0.320. The summed E-state index contributed by atoms with van der Waals surface area (Å²) in [6.45, 7) is 9.85. The van der Waals surface area contributed by atoms with Crippen molar-refractivity contribution in [3.8, 4) is 0 Å². The molecule has 0 aromatic rings. The Kier molecular flexibility index (Phi) is 8.73. The van der Waals surface area contributed by atoms with Gasteiger partial charge in [-0.1, -0.05) is 13.8 Å². The van der Waals surface area contributed by atoms with Crippen LogP contribution >= 0.6 is 12.4 Å². The monoisotopic (exact) mass is 332 g/mol. The third kappa shape index (κ3) is 6.84. The first kappa shape index (κ1) is 19.7. The van der Waals surface area contributed by atoms with E-state index in [0.29, 0.717) is 18.6 Å². The first-order valence-corrected chi connectivity index (χ1v) is 8.70. The second-order valence-electron chi connectivity index (χ2n) is 7.15. The zero-order valence-electron chi connectivity index (χ0n) is 14.3. The van der Waals surface area contributed by atoms with Crippen molar-refractivity contribution in [1.82, 2.24) is 10.2 Å². The van der Waals surface area contributed by atoms with Gasteiger partial charge in [0.05, 0.1) is 0 Å². The van der Waals surface area contributed by atoms with E-state index >= 15 is 0 Å². The fourth-order valence-corrected chi connectivity index (χ4v) is 2.77. The molecular formula is C17H33ClN2O2. The Bertz CT molecular complexity index is 327. The molecule has 1 aliphatic carbocycles. The van der Waals surface area contributed by atoms with Gasteiger partial charge in [0, 0.05) is 25.7 Å². The van der Waals surface area contributed by atoms with E-state index in [9.17, 15) is 4.79 Å². The van der Waals surface area contributed by atoms with Gasteiger partial charge in [-0.05, 0) is 57.4 Å². The summed E-state index contributed by atoms with van der Waals surface area (Å²) in [6.07, 6.45) is 5.68. The smallest absolute Gasteiger partial charge is 0.251 e. The van der Waals surface area contributed by atoms with Crippen LogP contribution in [0, 0.1) is 11.8 Å². The minimum Gasteiger partial charge on any atom is -0.369 e. The van der Waals surface area contributed by atoms with Gasteiger partial charge in [0.1, 0.15) is 6.10 Å². The highest BCUT2D eigenvalue weighted by Gasteiger charge is 2.27. The summed E-state index contributed by atoms with van der Waals surface area (Å²) in [5.41, 5.74) is 0. The molecule has 0 spiro atoms. The molecule has 1 unspecified atom stereocenters. The number of carbonyl (C=O) groups is 1. The van der Waals surface area contributed by atoms with Crippen molar-refractivity contribution in [3.05, 3.63) is 0 Å².